The van der Waals surface area contributed by atoms with Gasteiger partial charge < -0.3 is 14.8 Å². The van der Waals surface area contributed by atoms with E-state index in [9.17, 15) is 0 Å². The maximum atomic E-state index is 5.21. The van der Waals surface area contributed by atoms with Crippen molar-refractivity contribution in [2.75, 3.05) is 33.4 Å². The fourth-order valence-electron chi connectivity index (χ4n) is 0.832. The summed E-state index contributed by atoms with van der Waals surface area (Å²) in [6, 6.07) is 0. The first kappa shape index (κ1) is 6.99. The van der Waals surface area contributed by atoms with Crippen molar-refractivity contribution in [2.24, 2.45) is 0 Å². The predicted octanol–water partition coefficient (Wildman–Crippen LogP) is -0.379. The quantitative estimate of drug-likeness (QED) is 0.526. The van der Waals surface area contributed by atoms with Crippen LogP contribution in [0.5, 0.6) is 0 Å². The zero-order chi connectivity index (χ0) is 6.53. The Morgan fingerprint density at radius 1 is 1.67 bits per heavy atom. The highest BCUT2D eigenvalue weighted by atomic mass is 16.5. The van der Waals surface area contributed by atoms with Crippen LogP contribution < -0.4 is 5.32 Å². The molecule has 9 heavy (non-hydrogen) atoms. The third-order valence-electron chi connectivity index (χ3n) is 1.43. The minimum absolute atomic E-state index is 0.243. The molecule has 1 heterocycles. The Kier molecular flexibility index (Phi) is 2.97. The van der Waals surface area contributed by atoms with Gasteiger partial charge in [0.25, 0.3) is 0 Å². The summed E-state index contributed by atoms with van der Waals surface area (Å²) in [5.74, 6) is 0. The molecule has 0 aromatic rings. The van der Waals surface area contributed by atoms with Gasteiger partial charge in [0.15, 0.2) is 0 Å². The van der Waals surface area contributed by atoms with E-state index in [4.69, 9.17) is 9.47 Å². The van der Waals surface area contributed by atoms with E-state index < -0.39 is 0 Å². The van der Waals surface area contributed by atoms with Gasteiger partial charge in [-0.05, 0) is 0 Å². The highest BCUT2D eigenvalue weighted by molar-refractivity contribution is 4.63. The molecule has 1 fully saturated rings. The SMILES string of the molecule is CO[C@H]1CNCCOC1. The van der Waals surface area contributed by atoms with Crippen molar-refractivity contribution in [3.63, 3.8) is 0 Å². The van der Waals surface area contributed by atoms with Crippen molar-refractivity contribution in [3.8, 4) is 0 Å². The van der Waals surface area contributed by atoms with Crippen molar-refractivity contribution in [2.45, 2.75) is 6.10 Å². The summed E-state index contributed by atoms with van der Waals surface area (Å²) >= 11 is 0. The van der Waals surface area contributed by atoms with E-state index in [0.717, 1.165) is 26.3 Å². The summed E-state index contributed by atoms with van der Waals surface area (Å²) in [4.78, 5) is 0. The van der Waals surface area contributed by atoms with E-state index in [-0.39, 0.29) is 6.10 Å². The van der Waals surface area contributed by atoms with Crippen LogP contribution >= 0.6 is 0 Å². The summed E-state index contributed by atoms with van der Waals surface area (Å²) in [5.41, 5.74) is 0. The lowest BCUT2D eigenvalue weighted by molar-refractivity contribution is 0.0279. The Bertz CT molecular complexity index is 69.5. The molecular weight excluding hydrogens is 118 g/mol. The molecule has 1 rings (SSSR count). The van der Waals surface area contributed by atoms with E-state index in [0.29, 0.717) is 0 Å². The Labute approximate surface area is 55.3 Å². The monoisotopic (exact) mass is 131 g/mol. The Hall–Kier alpha value is -0.120. The molecule has 0 unspecified atom stereocenters. The number of rotatable bonds is 1. The lowest BCUT2D eigenvalue weighted by Gasteiger charge is -2.09. The molecule has 0 saturated carbocycles. The molecule has 1 aliphatic rings. The standard InChI is InChI=1S/C6H13NO2/c1-8-6-4-7-2-3-9-5-6/h6-7H,2-5H2,1H3/t6-/m0/s1. The van der Waals surface area contributed by atoms with Crippen LogP contribution in [0.25, 0.3) is 0 Å². The van der Waals surface area contributed by atoms with Gasteiger partial charge in [0.05, 0.1) is 19.3 Å². The minimum atomic E-state index is 0.243. The van der Waals surface area contributed by atoms with Crippen LogP contribution in [0.3, 0.4) is 0 Å². The lowest BCUT2D eigenvalue weighted by atomic mass is 10.4. The smallest absolute Gasteiger partial charge is 0.0928 e. The molecule has 0 spiro atoms. The maximum Gasteiger partial charge on any atom is 0.0928 e. The Morgan fingerprint density at radius 3 is 3.33 bits per heavy atom. The number of ether oxygens (including phenoxy) is 2. The molecular formula is C6H13NO2. The topological polar surface area (TPSA) is 30.5 Å². The van der Waals surface area contributed by atoms with Crippen molar-refractivity contribution in [1.82, 2.24) is 5.32 Å². The number of nitrogens with one attached hydrogen (secondary N) is 1. The zero-order valence-corrected chi connectivity index (χ0v) is 5.72. The lowest BCUT2D eigenvalue weighted by Crippen LogP contribution is -2.28. The molecule has 0 bridgehead atoms. The molecule has 1 aliphatic heterocycles. The summed E-state index contributed by atoms with van der Waals surface area (Å²) in [6.45, 7) is 3.39. The highest BCUT2D eigenvalue weighted by Gasteiger charge is 2.09. The van der Waals surface area contributed by atoms with E-state index in [1.54, 1.807) is 7.11 Å². The largest absolute Gasteiger partial charge is 0.378 e. The van der Waals surface area contributed by atoms with Gasteiger partial charge in [0, 0.05) is 20.2 Å². The molecule has 0 radical (unpaired) electrons. The van der Waals surface area contributed by atoms with Crippen LogP contribution in [-0.4, -0.2) is 39.5 Å². The molecule has 0 amide bonds. The second-order valence-corrected chi connectivity index (χ2v) is 2.14. The van der Waals surface area contributed by atoms with Crippen LogP contribution in [0.4, 0.5) is 0 Å². The number of methoxy groups -OCH3 is 1. The van der Waals surface area contributed by atoms with Gasteiger partial charge in [0.1, 0.15) is 0 Å². The van der Waals surface area contributed by atoms with E-state index in [1.807, 2.05) is 0 Å². The summed E-state index contributed by atoms with van der Waals surface area (Å²) < 4.78 is 10.3. The van der Waals surface area contributed by atoms with Gasteiger partial charge in [-0.25, -0.2) is 0 Å². The van der Waals surface area contributed by atoms with E-state index >= 15 is 0 Å². The first-order valence-corrected chi connectivity index (χ1v) is 3.24. The minimum Gasteiger partial charge on any atom is -0.378 e. The van der Waals surface area contributed by atoms with E-state index in [2.05, 4.69) is 5.32 Å². The van der Waals surface area contributed by atoms with Crippen molar-refractivity contribution < 1.29 is 9.47 Å². The Balaban J connectivity index is 2.18. The van der Waals surface area contributed by atoms with Crippen LogP contribution in [0.2, 0.25) is 0 Å². The van der Waals surface area contributed by atoms with Crippen molar-refractivity contribution >= 4 is 0 Å². The maximum absolute atomic E-state index is 5.21. The normalized spacial score (nSPS) is 29.7. The first-order valence-electron chi connectivity index (χ1n) is 3.24. The van der Waals surface area contributed by atoms with Gasteiger partial charge in [-0.3, -0.25) is 0 Å². The second-order valence-electron chi connectivity index (χ2n) is 2.14. The molecule has 54 valence electrons. The average Bonchev–Trinajstić information content (AvgIpc) is 2.13. The van der Waals surface area contributed by atoms with Gasteiger partial charge in [-0.15, -0.1) is 0 Å². The van der Waals surface area contributed by atoms with Gasteiger partial charge in [0.2, 0.25) is 0 Å². The van der Waals surface area contributed by atoms with Crippen molar-refractivity contribution in [1.29, 1.82) is 0 Å². The molecule has 1 atom stereocenters. The fourth-order valence-corrected chi connectivity index (χ4v) is 0.832. The molecule has 1 saturated heterocycles. The average molecular weight is 131 g/mol. The molecule has 0 aliphatic carbocycles. The zero-order valence-electron chi connectivity index (χ0n) is 5.72. The summed E-state index contributed by atoms with van der Waals surface area (Å²) in [7, 11) is 1.71. The summed E-state index contributed by atoms with van der Waals surface area (Å²) in [5, 5.41) is 3.20. The van der Waals surface area contributed by atoms with Gasteiger partial charge in [-0.2, -0.15) is 0 Å². The van der Waals surface area contributed by atoms with Crippen LogP contribution in [0.15, 0.2) is 0 Å². The predicted molar refractivity (Wildman–Crippen MR) is 34.5 cm³/mol. The van der Waals surface area contributed by atoms with Crippen molar-refractivity contribution in [3.05, 3.63) is 0 Å². The van der Waals surface area contributed by atoms with Crippen LogP contribution in [0.1, 0.15) is 0 Å². The third-order valence-corrected chi connectivity index (χ3v) is 1.43. The molecule has 3 heteroatoms. The molecule has 1 N–H and O–H groups in total. The number of hydrogen-bond donors (Lipinski definition) is 1. The van der Waals surface area contributed by atoms with Gasteiger partial charge in [-0.1, -0.05) is 0 Å². The Morgan fingerprint density at radius 2 is 2.56 bits per heavy atom. The van der Waals surface area contributed by atoms with Crippen LogP contribution in [0, 0.1) is 0 Å². The fraction of sp³-hybridized carbons (Fsp3) is 1.00. The van der Waals surface area contributed by atoms with Gasteiger partial charge >= 0.3 is 0 Å². The highest BCUT2D eigenvalue weighted by Crippen LogP contribution is 1.92. The first-order chi connectivity index (χ1) is 4.43. The molecule has 0 aromatic carbocycles. The summed E-state index contributed by atoms with van der Waals surface area (Å²) in [6.07, 6.45) is 0.243. The van der Waals surface area contributed by atoms with Crippen LogP contribution in [-0.2, 0) is 9.47 Å². The molecule has 3 nitrogen and oxygen atoms in total. The second kappa shape index (κ2) is 3.82. The van der Waals surface area contributed by atoms with E-state index in [1.165, 1.54) is 0 Å². The third kappa shape index (κ3) is 2.30. The number of hydrogen-bond acceptors (Lipinski definition) is 3. The molecule has 0 aromatic heterocycles.